The summed E-state index contributed by atoms with van der Waals surface area (Å²) in [6.45, 7) is 2.76. The number of hydrogen-bond donors (Lipinski definition) is 1. The van der Waals surface area contributed by atoms with Gasteiger partial charge in [-0.25, -0.2) is 0 Å². The Morgan fingerprint density at radius 3 is 3.00 bits per heavy atom. The van der Waals surface area contributed by atoms with Crippen molar-refractivity contribution in [2.45, 2.75) is 31.7 Å². The molecule has 1 aromatic heterocycles. The number of fused-ring (bicyclic) bond motifs is 1. The van der Waals surface area contributed by atoms with Crippen LogP contribution in [0, 0.1) is 6.92 Å². The molecule has 4 nitrogen and oxygen atoms in total. The quantitative estimate of drug-likeness (QED) is 0.930. The number of ether oxygens (including phenoxy) is 1. The van der Waals surface area contributed by atoms with Gasteiger partial charge in [0.25, 0.3) is 0 Å². The molecule has 2 N–H and O–H groups in total. The minimum atomic E-state index is 0.0925. The molecule has 1 aliphatic rings. The largest absolute Gasteiger partial charge is 0.493 e. The SMILES string of the molecule is Cc1cc(CC(N)C2CCOc3ccccc32)n(C)n1. The average molecular weight is 271 g/mol. The predicted molar refractivity (Wildman–Crippen MR) is 78.9 cm³/mol. The first-order valence-electron chi connectivity index (χ1n) is 7.12. The number of aryl methyl sites for hydroxylation is 2. The fraction of sp³-hybridized carbons (Fsp3) is 0.438. The number of para-hydroxylation sites is 1. The molecule has 0 saturated carbocycles. The Morgan fingerprint density at radius 1 is 1.45 bits per heavy atom. The van der Waals surface area contributed by atoms with Gasteiger partial charge in [-0.1, -0.05) is 18.2 Å². The van der Waals surface area contributed by atoms with Crippen LogP contribution in [0.15, 0.2) is 30.3 Å². The van der Waals surface area contributed by atoms with E-state index in [-0.39, 0.29) is 6.04 Å². The molecule has 2 heterocycles. The molecule has 0 amide bonds. The van der Waals surface area contributed by atoms with Crippen molar-refractivity contribution in [3.63, 3.8) is 0 Å². The van der Waals surface area contributed by atoms with Crippen LogP contribution >= 0.6 is 0 Å². The van der Waals surface area contributed by atoms with E-state index >= 15 is 0 Å². The molecule has 0 spiro atoms. The van der Waals surface area contributed by atoms with E-state index < -0.39 is 0 Å². The van der Waals surface area contributed by atoms with Crippen LogP contribution in [-0.2, 0) is 13.5 Å². The Labute approximate surface area is 119 Å². The van der Waals surface area contributed by atoms with Gasteiger partial charge in [-0.15, -0.1) is 0 Å². The lowest BCUT2D eigenvalue weighted by molar-refractivity contribution is 0.254. The summed E-state index contributed by atoms with van der Waals surface area (Å²) < 4.78 is 7.64. The van der Waals surface area contributed by atoms with Gasteiger partial charge in [-0.2, -0.15) is 5.10 Å². The Bertz CT molecular complexity index is 606. The number of hydrogen-bond acceptors (Lipinski definition) is 3. The maximum absolute atomic E-state index is 6.48. The van der Waals surface area contributed by atoms with Gasteiger partial charge in [0.1, 0.15) is 5.75 Å². The molecule has 20 heavy (non-hydrogen) atoms. The zero-order valence-electron chi connectivity index (χ0n) is 12.0. The molecule has 0 fully saturated rings. The predicted octanol–water partition coefficient (Wildman–Crippen LogP) is 2.16. The fourth-order valence-electron chi connectivity index (χ4n) is 3.05. The third-order valence-corrected chi connectivity index (χ3v) is 4.07. The average Bonchev–Trinajstić information content (AvgIpc) is 2.76. The smallest absolute Gasteiger partial charge is 0.122 e. The maximum Gasteiger partial charge on any atom is 0.122 e. The highest BCUT2D eigenvalue weighted by atomic mass is 16.5. The first-order chi connectivity index (χ1) is 9.65. The Morgan fingerprint density at radius 2 is 2.25 bits per heavy atom. The van der Waals surface area contributed by atoms with Crippen molar-refractivity contribution in [3.8, 4) is 5.75 Å². The van der Waals surface area contributed by atoms with Gasteiger partial charge in [0, 0.05) is 31.1 Å². The van der Waals surface area contributed by atoms with E-state index in [0.717, 1.165) is 30.9 Å². The van der Waals surface area contributed by atoms with E-state index in [1.54, 1.807) is 0 Å². The lowest BCUT2D eigenvalue weighted by Gasteiger charge is -2.30. The second-order valence-electron chi connectivity index (χ2n) is 5.55. The molecular weight excluding hydrogens is 250 g/mol. The molecule has 4 heteroatoms. The number of rotatable bonds is 3. The van der Waals surface area contributed by atoms with Crippen molar-refractivity contribution >= 4 is 0 Å². The summed E-state index contributed by atoms with van der Waals surface area (Å²) in [5, 5.41) is 4.39. The summed E-state index contributed by atoms with van der Waals surface area (Å²) >= 11 is 0. The maximum atomic E-state index is 6.48. The van der Waals surface area contributed by atoms with Gasteiger partial charge in [0.2, 0.25) is 0 Å². The number of nitrogens with zero attached hydrogens (tertiary/aromatic N) is 2. The van der Waals surface area contributed by atoms with Gasteiger partial charge in [0.05, 0.1) is 12.3 Å². The van der Waals surface area contributed by atoms with Crippen molar-refractivity contribution in [1.29, 1.82) is 0 Å². The lowest BCUT2D eigenvalue weighted by Crippen LogP contribution is -2.34. The summed E-state index contributed by atoms with van der Waals surface area (Å²) in [5.74, 6) is 1.34. The van der Waals surface area contributed by atoms with Crippen LogP contribution in [0.3, 0.4) is 0 Å². The third-order valence-electron chi connectivity index (χ3n) is 4.07. The summed E-state index contributed by atoms with van der Waals surface area (Å²) in [5.41, 5.74) is 9.95. The van der Waals surface area contributed by atoms with E-state index in [1.807, 2.05) is 30.8 Å². The highest BCUT2D eigenvalue weighted by molar-refractivity contribution is 5.38. The van der Waals surface area contributed by atoms with E-state index in [9.17, 15) is 0 Å². The van der Waals surface area contributed by atoms with E-state index in [1.165, 1.54) is 11.3 Å². The number of aromatic nitrogens is 2. The van der Waals surface area contributed by atoms with Gasteiger partial charge < -0.3 is 10.5 Å². The highest BCUT2D eigenvalue weighted by Gasteiger charge is 2.27. The third kappa shape index (κ3) is 2.43. The van der Waals surface area contributed by atoms with Gasteiger partial charge in [-0.3, -0.25) is 4.68 Å². The summed E-state index contributed by atoms with van der Waals surface area (Å²) in [6, 6.07) is 10.4. The molecule has 3 rings (SSSR count). The Balaban J connectivity index is 1.81. The monoisotopic (exact) mass is 271 g/mol. The number of nitrogens with two attached hydrogens (primary N) is 1. The summed E-state index contributed by atoms with van der Waals surface area (Å²) in [4.78, 5) is 0. The Kier molecular flexibility index (Phi) is 3.49. The normalized spacial score (nSPS) is 19.2. The standard InChI is InChI=1S/C16H21N3O/c1-11-9-12(19(2)18-11)10-15(17)13-7-8-20-16-6-4-3-5-14(13)16/h3-6,9,13,15H,7-8,10,17H2,1-2H3. The second kappa shape index (κ2) is 5.29. The molecule has 106 valence electrons. The first-order valence-corrected chi connectivity index (χ1v) is 7.12. The number of benzene rings is 1. The van der Waals surface area contributed by atoms with Crippen molar-refractivity contribution in [1.82, 2.24) is 9.78 Å². The second-order valence-corrected chi connectivity index (χ2v) is 5.55. The van der Waals surface area contributed by atoms with Crippen LogP contribution in [-0.4, -0.2) is 22.4 Å². The lowest BCUT2D eigenvalue weighted by atomic mass is 9.85. The minimum Gasteiger partial charge on any atom is -0.493 e. The molecule has 2 atom stereocenters. The topological polar surface area (TPSA) is 53.1 Å². The fourth-order valence-corrected chi connectivity index (χ4v) is 3.05. The van der Waals surface area contributed by atoms with Crippen LogP contribution in [0.4, 0.5) is 0 Å². The molecule has 1 aliphatic heterocycles. The molecule has 2 unspecified atom stereocenters. The molecule has 2 aromatic rings. The Hall–Kier alpha value is -1.81. The van der Waals surface area contributed by atoms with E-state index in [4.69, 9.17) is 10.5 Å². The first kappa shape index (κ1) is 13.2. The van der Waals surface area contributed by atoms with Crippen molar-refractivity contribution in [3.05, 3.63) is 47.3 Å². The van der Waals surface area contributed by atoms with Crippen LogP contribution in [0.25, 0.3) is 0 Å². The molecule has 1 aromatic carbocycles. The van der Waals surface area contributed by atoms with Crippen molar-refractivity contribution in [2.24, 2.45) is 12.8 Å². The highest BCUT2D eigenvalue weighted by Crippen LogP contribution is 2.35. The van der Waals surface area contributed by atoms with Crippen molar-refractivity contribution < 1.29 is 4.74 Å². The van der Waals surface area contributed by atoms with Gasteiger partial charge in [-0.05, 0) is 31.0 Å². The molecular formula is C16H21N3O. The van der Waals surface area contributed by atoms with Crippen LogP contribution < -0.4 is 10.5 Å². The zero-order chi connectivity index (χ0) is 14.1. The van der Waals surface area contributed by atoms with Gasteiger partial charge >= 0.3 is 0 Å². The summed E-state index contributed by atoms with van der Waals surface area (Å²) in [6.07, 6.45) is 1.82. The molecule has 0 aliphatic carbocycles. The molecule has 0 saturated heterocycles. The van der Waals surface area contributed by atoms with Gasteiger partial charge in [0.15, 0.2) is 0 Å². The minimum absolute atomic E-state index is 0.0925. The summed E-state index contributed by atoms with van der Waals surface area (Å²) in [7, 11) is 1.98. The van der Waals surface area contributed by atoms with Crippen LogP contribution in [0.1, 0.15) is 29.3 Å². The van der Waals surface area contributed by atoms with Crippen LogP contribution in [0.2, 0.25) is 0 Å². The van der Waals surface area contributed by atoms with E-state index in [0.29, 0.717) is 5.92 Å². The zero-order valence-corrected chi connectivity index (χ0v) is 12.0. The molecule has 0 radical (unpaired) electrons. The van der Waals surface area contributed by atoms with Crippen LogP contribution in [0.5, 0.6) is 5.75 Å². The van der Waals surface area contributed by atoms with Crippen molar-refractivity contribution in [2.75, 3.05) is 6.61 Å². The molecule has 0 bridgehead atoms. The van der Waals surface area contributed by atoms with E-state index in [2.05, 4.69) is 23.3 Å².